The predicted molar refractivity (Wildman–Crippen MR) is 94.1 cm³/mol. The molecule has 0 aliphatic rings. The molecular weight excluding hydrogens is 356 g/mol. The van der Waals surface area contributed by atoms with Crippen molar-refractivity contribution in [3.05, 3.63) is 70.2 Å². The number of hydrogen-bond acceptors (Lipinski definition) is 2. The number of carbonyl (C=O) groups is 2. The van der Waals surface area contributed by atoms with Crippen molar-refractivity contribution in [1.82, 2.24) is 10.2 Å². The van der Waals surface area contributed by atoms with Crippen LogP contribution in [0.1, 0.15) is 28.9 Å². The van der Waals surface area contributed by atoms with Crippen molar-refractivity contribution < 1.29 is 9.59 Å². The summed E-state index contributed by atoms with van der Waals surface area (Å²) in [6.45, 7) is 1.94. The molecule has 0 fully saturated rings. The summed E-state index contributed by atoms with van der Waals surface area (Å²) in [5, 5.41) is 2.91. The van der Waals surface area contributed by atoms with E-state index in [0.29, 0.717) is 5.56 Å². The number of carbonyl (C=O) groups excluding carboxylic acids is 2. The average Bonchev–Trinajstić information content (AvgIpc) is 2.54. The highest BCUT2D eigenvalue weighted by Gasteiger charge is 2.16. The number of likely N-dealkylation sites (N-methyl/N-ethyl adjacent to an activating group) is 1. The van der Waals surface area contributed by atoms with Crippen molar-refractivity contribution in [1.29, 1.82) is 0 Å². The molecule has 1 atom stereocenters. The Bertz CT molecular complexity index is 688. The van der Waals surface area contributed by atoms with Gasteiger partial charge in [0, 0.05) is 17.1 Å². The summed E-state index contributed by atoms with van der Waals surface area (Å²) in [6.07, 6.45) is 0. The van der Waals surface area contributed by atoms with E-state index in [1.807, 2.05) is 37.3 Å². The van der Waals surface area contributed by atoms with Gasteiger partial charge in [0.1, 0.15) is 0 Å². The molecule has 1 N–H and O–H groups in total. The molecule has 0 heterocycles. The van der Waals surface area contributed by atoms with Crippen LogP contribution in [0.2, 0.25) is 0 Å². The molecule has 0 saturated carbocycles. The van der Waals surface area contributed by atoms with Crippen molar-refractivity contribution in [2.24, 2.45) is 0 Å². The standard InChI is InChI=1S/C18H19BrN2O2/c1-13(15-9-6-10-16(19)11-15)20-17(22)12-21(2)18(23)14-7-4-3-5-8-14/h3-11,13H,12H2,1-2H3,(H,20,22). The molecule has 2 amide bonds. The highest BCUT2D eigenvalue weighted by atomic mass is 79.9. The molecule has 0 aliphatic carbocycles. The van der Waals surface area contributed by atoms with Gasteiger partial charge in [-0.25, -0.2) is 0 Å². The molecule has 2 aromatic carbocycles. The Morgan fingerprint density at radius 2 is 1.83 bits per heavy atom. The van der Waals surface area contributed by atoms with E-state index in [2.05, 4.69) is 21.2 Å². The van der Waals surface area contributed by atoms with Crippen molar-refractivity contribution >= 4 is 27.7 Å². The second-order valence-corrected chi connectivity index (χ2v) is 6.29. The maximum absolute atomic E-state index is 12.2. The highest BCUT2D eigenvalue weighted by molar-refractivity contribution is 9.10. The Hall–Kier alpha value is -2.14. The first kappa shape index (κ1) is 17.2. The van der Waals surface area contributed by atoms with Crippen LogP contribution >= 0.6 is 15.9 Å². The largest absolute Gasteiger partial charge is 0.348 e. The minimum absolute atomic E-state index is 0.0199. The summed E-state index contributed by atoms with van der Waals surface area (Å²) in [4.78, 5) is 25.8. The third-order valence-corrected chi connectivity index (χ3v) is 3.97. The Morgan fingerprint density at radius 3 is 2.48 bits per heavy atom. The van der Waals surface area contributed by atoms with Crippen LogP contribution in [0, 0.1) is 0 Å². The molecule has 0 bridgehead atoms. The van der Waals surface area contributed by atoms with Gasteiger partial charge in [-0.1, -0.05) is 46.3 Å². The Labute approximate surface area is 144 Å². The zero-order chi connectivity index (χ0) is 16.8. The van der Waals surface area contributed by atoms with Gasteiger partial charge in [0.2, 0.25) is 5.91 Å². The van der Waals surface area contributed by atoms with E-state index in [4.69, 9.17) is 0 Å². The lowest BCUT2D eigenvalue weighted by molar-refractivity contribution is -0.122. The first-order valence-electron chi connectivity index (χ1n) is 7.32. The van der Waals surface area contributed by atoms with Crippen LogP contribution in [0.3, 0.4) is 0 Å². The third kappa shape index (κ3) is 4.93. The van der Waals surface area contributed by atoms with Crippen molar-refractivity contribution in [2.75, 3.05) is 13.6 Å². The first-order chi connectivity index (χ1) is 11.0. The molecule has 5 heteroatoms. The molecule has 0 aromatic heterocycles. The van der Waals surface area contributed by atoms with Crippen molar-refractivity contribution in [3.63, 3.8) is 0 Å². The van der Waals surface area contributed by atoms with Gasteiger partial charge in [-0.2, -0.15) is 0 Å². The molecule has 2 rings (SSSR count). The molecule has 0 saturated heterocycles. The van der Waals surface area contributed by atoms with E-state index >= 15 is 0 Å². The lowest BCUT2D eigenvalue weighted by atomic mass is 10.1. The van der Waals surface area contributed by atoms with E-state index in [0.717, 1.165) is 10.0 Å². The van der Waals surface area contributed by atoms with Gasteiger partial charge in [-0.3, -0.25) is 9.59 Å². The lowest BCUT2D eigenvalue weighted by Gasteiger charge is -2.19. The van der Waals surface area contributed by atoms with Crippen LogP contribution < -0.4 is 5.32 Å². The van der Waals surface area contributed by atoms with Crippen LogP contribution in [-0.4, -0.2) is 30.3 Å². The monoisotopic (exact) mass is 374 g/mol. The number of amides is 2. The quantitative estimate of drug-likeness (QED) is 0.871. The Kier molecular flexibility index (Phi) is 5.93. The second kappa shape index (κ2) is 7.92. The van der Waals surface area contributed by atoms with Gasteiger partial charge in [-0.05, 0) is 36.8 Å². The van der Waals surface area contributed by atoms with Crippen LogP contribution in [-0.2, 0) is 4.79 Å². The maximum atomic E-state index is 12.2. The van der Waals surface area contributed by atoms with Gasteiger partial charge in [0.15, 0.2) is 0 Å². The number of nitrogens with one attached hydrogen (secondary N) is 1. The van der Waals surface area contributed by atoms with Crippen LogP contribution in [0.15, 0.2) is 59.1 Å². The normalized spacial score (nSPS) is 11.6. The van der Waals surface area contributed by atoms with Crippen LogP contribution in [0.25, 0.3) is 0 Å². The Morgan fingerprint density at radius 1 is 1.13 bits per heavy atom. The fourth-order valence-corrected chi connectivity index (χ4v) is 2.65. The van der Waals surface area contributed by atoms with Crippen LogP contribution in [0.4, 0.5) is 0 Å². The summed E-state index contributed by atoms with van der Waals surface area (Å²) >= 11 is 3.42. The summed E-state index contributed by atoms with van der Waals surface area (Å²) in [5.74, 6) is -0.361. The van der Waals surface area contributed by atoms with Crippen molar-refractivity contribution in [2.45, 2.75) is 13.0 Å². The topological polar surface area (TPSA) is 49.4 Å². The summed E-state index contributed by atoms with van der Waals surface area (Å²) in [7, 11) is 1.62. The van der Waals surface area contributed by atoms with E-state index < -0.39 is 0 Å². The average molecular weight is 375 g/mol. The highest BCUT2D eigenvalue weighted by Crippen LogP contribution is 2.17. The number of benzene rings is 2. The SMILES string of the molecule is CC(NC(=O)CN(C)C(=O)c1ccccc1)c1cccc(Br)c1. The molecule has 1 unspecified atom stereocenters. The fourth-order valence-electron chi connectivity index (χ4n) is 2.23. The van der Waals surface area contributed by atoms with Crippen LogP contribution in [0.5, 0.6) is 0 Å². The smallest absolute Gasteiger partial charge is 0.254 e. The van der Waals surface area contributed by atoms with E-state index in [-0.39, 0.29) is 24.4 Å². The van der Waals surface area contributed by atoms with E-state index in [9.17, 15) is 9.59 Å². The minimum Gasteiger partial charge on any atom is -0.348 e. The fraction of sp³-hybridized carbons (Fsp3) is 0.222. The van der Waals surface area contributed by atoms with E-state index in [1.165, 1.54) is 4.90 Å². The van der Waals surface area contributed by atoms with E-state index in [1.54, 1.807) is 31.3 Å². The van der Waals surface area contributed by atoms with Gasteiger partial charge in [-0.15, -0.1) is 0 Å². The zero-order valence-electron chi connectivity index (χ0n) is 13.1. The number of halogens is 1. The molecule has 0 spiro atoms. The molecule has 120 valence electrons. The predicted octanol–water partition coefficient (Wildman–Crippen LogP) is 3.40. The molecular formula is C18H19BrN2O2. The molecule has 23 heavy (non-hydrogen) atoms. The first-order valence-corrected chi connectivity index (χ1v) is 8.12. The Balaban J connectivity index is 1.92. The zero-order valence-corrected chi connectivity index (χ0v) is 14.7. The molecule has 0 radical (unpaired) electrons. The number of rotatable bonds is 5. The summed E-state index contributed by atoms with van der Waals surface area (Å²) < 4.78 is 0.965. The van der Waals surface area contributed by atoms with Gasteiger partial charge < -0.3 is 10.2 Å². The van der Waals surface area contributed by atoms with Gasteiger partial charge in [0.25, 0.3) is 5.91 Å². The molecule has 4 nitrogen and oxygen atoms in total. The lowest BCUT2D eigenvalue weighted by Crippen LogP contribution is -2.39. The summed E-state index contributed by atoms with van der Waals surface area (Å²) in [6, 6.07) is 16.6. The second-order valence-electron chi connectivity index (χ2n) is 5.37. The van der Waals surface area contributed by atoms with Crippen molar-refractivity contribution in [3.8, 4) is 0 Å². The van der Waals surface area contributed by atoms with Gasteiger partial charge in [0.05, 0.1) is 12.6 Å². The number of nitrogens with zero attached hydrogens (tertiary/aromatic N) is 1. The molecule has 2 aromatic rings. The molecule has 0 aliphatic heterocycles. The third-order valence-electron chi connectivity index (χ3n) is 3.47. The minimum atomic E-state index is -0.191. The van der Waals surface area contributed by atoms with Gasteiger partial charge >= 0.3 is 0 Å². The number of hydrogen-bond donors (Lipinski definition) is 1. The summed E-state index contributed by atoms with van der Waals surface area (Å²) in [5.41, 5.74) is 1.58. The maximum Gasteiger partial charge on any atom is 0.254 e.